The highest BCUT2D eigenvalue weighted by Crippen LogP contribution is 2.12. The molecule has 20 heavy (non-hydrogen) atoms. The summed E-state index contributed by atoms with van der Waals surface area (Å²) in [4.78, 5) is 11.7. The SMILES string of the molecule is CC(C)C(Br)C(=O)NCc1cnn(-c2ccccc2)c1. The van der Waals surface area contributed by atoms with Crippen LogP contribution in [0.15, 0.2) is 42.7 Å². The predicted octanol–water partition coefficient (Wildman–Crippen LogP) is 2.91. The third-order valence-corrected chi connectivity index (χ3v) is 4.43. The molecule has 2 rings (SSSR count). The van der Waals surface area contributed by atoms with Crippen molar-refractivity contribution in [2.45, 2.75) is 25.2 Å². The van der Waals surface area contributed by atoms with E-state index in [0.717, 1.165) is 11.3 Å². The molecule has 1 aromatic carbocycles. The van der Waals surface area contributed by atoms with Gasteiger partial charge in [-0.1, -0.05) is 48.0 Å². The molecule has 1 aromatic heterocycles. The van der Waals surface area contributed by atoms with Gasteiger partial charge < -0.3 is 5.32 Å². The van der Waals surface area contributed by atoms with Crippen molar-refractivity contribution in [1.82, 2.24) is 15.1 Å². The standard InChI is InChI=1S/C15H18BrN3O/c1-11(2)14(16)15(20)17-8-12-9-18-19(10-12)13-6-4-3-5-7-13/h3-7,9-11,14H,8H2,1-2H3,(H,17,20). The number of amides is 1. The van der Waals surface area contributed by atoms with Gasteiger partial charge in [0.25, 0.3) is 0 Å². The van der Waals surface area contributed by atoms with E-state index < -0.39 is 0 Å². The highest BCUT2D eigenvalue weighted by molar-refractivity contribution is 9.10. The van der Waals surface area contributed by atoms with Gasteiger partial charge in [-0.05, 0) is 18.1 Å². The van der Waals surface area contributed by atoms with E-state index in [-0.39, 0.29) is 16.7 Å². The van der Waals surface area contributed by atoms with Crippen LogP contribution in [0.4, 0.5) is 0 Å². The minimum absolute atomic E-state index is 0.00691. The summed E-state index contributed by atoms with van der Waals surface area (Å²) in [7, 11) is 0. The fourth-order valence-electron chi connectivity index (χ4n) is 1.76. The van der Waals surface area contributed by atoms with Crippen molar-refractivity contribution < 1.29 is 4.79 Å². The van der Waals surface area contributed by atoms with Crippen LogP contribution in [0.25, 0.3) is 5.69 Å². The van der Waals surface area contributed by atoms with Crippen LogP contribution in [0.5, 0.6) is 0 Å². The first-order valence-electron chi connectivity index (χ1n) is 6.58. The topological polar surface area (TPSA) is 46.9 Å². The van der Waals surface area contributed by atoms with Gasteiger partial charge in [0.2, 0.25) is 5.91 Å². The van der Waals surface area contributed by atoms with E-state index in [1.54, 1.807) is 10.9 Å². The molecule has 2 aromatic rings. The number of nitrogens with one attached hydrogen (secondary N) is 1. The average molecular weight is 336 g/mol. The number of aromatic nitrogens is 2. The maximum Gasteiger partial charge on any atom is 0.234 e. The van der Waals surface area contributed by atoms with Crippen LogP contribution < -0.4 is 5.32 Å². The zero-order valence-electron chi connectivity index (χ0n) is 11.6. The Kier molecular flexibility index (Phi) is 4.95. The number of halogens is 1. The Bertz CT molecular complexity index is 566. The molecule has 0 spiro atoms. The molecule has 0 bridgehead atoms. The number of hydrogen-bond donors (Lipinski definition) is 1. The molecule has 0 aliphatic heterocycles. The number of alkyl halides is 1. The molecule has 1 heterocycles. The third-order valence-electron chi connectivity index (χ3n) is 2.96. The smallest absolute Gasteiger partial charge is 0.234 e. The zero-order chi connectivity index (χ0) is 14.5. The van der Waals surface area contributed by atoms with Crippen molar-refractivity contribution in [1.29, 1.82) is 0 Å². The number of para-hydroxylation sites is 1. The van der Waals surface area contributed by atoms with E-state index in [1.807, 2.05) is 50.4 Å². The molecule has 1 amide bonds. The molecule has 1 atom stereocenters. The fourth-order valence-corrected chi connectivity index (χ4v) is 1.92. The Hall–Kier alpha value is -1.62. The second-order valence-corrected chi connectivity index (χ2v) is 5.98. The quantitative estimate of drug-likeness (QED) is 0.854. The Morgan fingerprint density at radius 2 is 2.05 bits per heavy atom. The van der Waals surface area contributed by atoms with Gasteiger partial charge >= 0.3 is 0 Å². The number of nitrogens with zero attached hydrogens (tertiary/aromatic N) is 2. The van der Waals surface area contributed by atoms with Crippen molar-refractivity contribution in [3.05, 3.63) is 48.3 Å². The molecule has 4 nitrogen and oxygen atoms in total. The molecule has 0 radical (unpaired) electrons. The van der Waals surface area contributed by atoms with Crippen LogP contribution in [0.2, 0.25) is 0 Å². The second-order valence-electron chi connectivity index (χ2n) is 4.99. The lowest BCUT2D eigenvalue weighted by Gasteiger charge is -2.13. The van der Waals surface area contributed by atoms with Gasteiger partial charge in [-0.2, -0.15) is 5.10 Å². The first-order chi connectivity index (χ1) is 9.58. The van der Waals surface area contributed by atoms with Crippen molar-refractivity contribution in [3.63, 3.8) is 0 Å². The molecule has 0 aliphatic carbocycles. The van der Waals surface area contributed by atoms with E-state index >= 15 is 0 Å². The molecular weight excluding hydrogens is 318 g/mol. The van der Waals surface area contributed by atoms with Crippen molar-refractivity contribution in [2.75, 3.05) is 0 Å². The summed E-state index contributed by atoms with van der Waals surface area (Å²) in [5.74, 6) is 0.273. The largest absolute Gasteiger partial charge is 0.351 e. The summed E-state index contributed by atoms with van der Waals surface area (Å²) in [5.41, 5.74) is 1.98. The normalized spacial score (nSPS) is 12.4. The van der Waals surface area contributed by atoms with E-state index in [0.29, 0.717) is 6.54 Å². The molecule has 0 saturated heterocycles. The van der Waals surface area contributed by atoms with Crippen LogP contribution in [0, 0.1) is 5.92 Å². The molecule has 0 saturated carbocycles. The molecule has 0 aliphatic rings. The summed E-state index contributed by atoms with van der Waals surface area (Å²) < 4.78 is 1.80. The molecule has 1 N–H and O–H groups in total. The number of carbonyl (C=O) groups excluding carboxylic acids is 1. The summed E-state index contributed by atoms with van der Waals surface area (Å²) in [6.07, 6.45) is 3.69. The van der Waals surface area contributed by atoms with Gasteiger partial charge in [0.1, 0.15) is 0 Å². The summed E-state index contributed by atoms with van der Waals surface area (Å²) in [6.45, 7) is 4.50. The lowest BCUT2D eigenvalue weighted by atomic mass is 10.1. The van der Waals surface area contributed by atoms with Gasteiger partial charge in [-0.3, -0.25) is 4.79 Å². The average Bonchev–Trinajstić information content (AvgIpc) is 2.93. The summed E-state index contributed by atoms with van der Waals surface area (Å²) in [6, 6.07) is 9.88. The number of hydrogen-bond acceptors (Lipinski definition) is 2. The Morgan fingerprint density at radius 3 is 2.70 bits per heavy atom. The van der Waals surface area contributed by atoms with E-state index in [4.69, 9.17) is 0 Å². The van der Waals surface area contributed by atoms with Crippen LogP contribution in [-0.4, -0.2) is 20.5 Å². The highest BCUT2D eigenvalue weighted by atomic mass is 79.9. The Morgan fingerprint density at radius 1 is 1.35 bits per heavy atom. The molecule has 0 fully saturated rings. The minimum Gasteiger partial charge on any atom is -0.351 e. The van der Waals surface area contributed by atoms with Crippen LogP contribution in [0.1, 0.15) is 19.4 Å². The maximum absolute atomic E-state index is 11.8. The van der Waals surface area contributed by atoms with Crippen LogP contribution >= 0.6 is 15.9 Å². The molecule has 5 heteroatoms. The van der Waals surface area contributed by atoms with E-state index in [2.05, 4.69) is 26.3 Å². The lowest BCUT2D eigenvalue weighted by molar-refractivity contribution is -0.121. The molecule has 1 unspecified atom stereocenters. The van der Waals surface area contributed by atoms with Gasteiger partial charge in [0.15, 0.2) is 0 Å². The Balaban J connectivity index is 1.96. The zero-order valence-corrected chi connectivity index (χ0v) is 13.2. The number of carbonyl (C=O) groups is 1. The van der Waals surface area contributed by atoms with Gasteiger partial charge in [0.05, 0.1) is 16.7 Å². The van der Waals surface area contributed by atoms with Crippen molar-refractivity contribution in [2.24, 2.45) is 5.92 Å². The summed E-state index contributed by atoms with van der Waals surface area (Å²) in [5, 5.41) is 7.20. The van der Waals surface area contributed by atoms with Crippen molar-refractivity contribution >= 4 is 21.8 Å². The van der Waals surface area contributed by atoms with Crippen LogP contribution in [-0.2, 0) is 11.3 Å². The molecule has 106 valence electrons. The first-order valence-corrected chi connectivity index (χ1v) is 7.50. The summed E-state index contributed by atoms with van der Waals surface area (Å²) >= 11 is 3.39. The Labute approximate surface area is 127 Å². The fraction of sp³-hybridized carbons (Fsp3) is 0.333. The van der Waals surface area contributed by atoms with Gasteiger partial charge in [0, 0.05) is 18.3 Å². The second kappa shape index (κ2) is 6.70. The first kappa shape index (κ1) is 14.8. The monoisotopic (exact) mass is 335 g/mol. The molecular formula is C15H18BrN3O. The maximum atomic E-state index is 11.8. The van der Waals surface area contributed by atoms with Gasteiger partial charge in [-0.15, -0.1) is 0 Å². The number of benzene rings is 1. The van der Waals surface area contributed by atoms with E-state index in [1.165, 1.54) is 0 Å². The highest BCUT2D eigenvalue weighted by Gasteiger charge is 2.18. The minimum atomic E-state index is -0.160. The number of rotatable bonds is 5. The van der Waals surface area contributed by atoms with Crippen molar-refractivity contribution in [3.8, 4) is 5.69 Å². The van der Waals surface area contributed by atoms with Crippen LogP contribution in [0.3, 0.4) is 0 Å². The third kappa shape index (κ3) is 3.70. The van der Waals surface area contributed by atoms with E-state index in [9.17, 15) is 4.79 Å². The predicted molar refractivity (Wildman–Crippen MR) is 83.0 cm³/mol. The lowest BCUT2D eigenvalue weighted by Crippen LogP contribution is -2.33. The van der Waals surface area contributed by atoms with Gasteiger partial charge in [-0.25, -0.2) is 4.68 Å².